The predicted molar refractivity (Wildman–Crippen MR) is 77.4 cm³/mol. The quantitative estimate of drug-likeness (QED) is 0.947. The van der Waals surface area contributed by atoms with Crippen molar-refractivity contribution in [1.29, 1.82) is 0 Å². The van der Waals surface area contributed by atoms with E-state index in [2.05, 4.69) is 0 Å². The normalized spacial score (nSPS) is 13.5. The largest absolute Gasteiger partial charge is 0.383 e. The number of aryl methyl sites for hydroxylation is 2. The van der Waals surface area contributed by atoms with E-state index >= 15 is 0 Å². The molecule has 0 aliphatic rings. The number of hydrogen-bond donors (Lipinski definition) is 1. The second-order valence-electron chi connectivity index (χ2n) is 4.65. The summed E-state index contributed by atoms with van der Waals surface area (Å²) in [5.41, 5.74) is 1.63. The van der Waals surface area contributed by atoms with E-state index in [0.717, 1.165) is 15.3 Å². The first-order valence-corrected chi connectivity index (χ1v) is 8.55. The SMILES string of the molecule is Cc1cc(C)c(C(O)c2cccc(S(C)(=O)=O)c2)s1. The maximum absolute atomic E-state index is 11.5. The highest BCUT2D eigenvalue weighted by Gasteiger charge is 2.17. The summed E-state index contributed by atoms with van der Waals surface area (Å²) in [4.78, 5) is 2.23. The van der Waals surface area contributed by atoms with Crippen molar-refractivity contribution < 1.29 is 13.5 Å². The lowest BCUT2D eigenvalue weighted by molar-refractivity contribution is 0.223. The van der Waals surface area contributed by atoms with E-state index in [0.29, 0.717) is 5.56 Å². The predicted octanol–water partition coefficient (Wildman–Crippen LogP) is 2.85. The first kappa shape index (κ1) is 14.2. The van der Waals surface area contributed by atoms with Crippen molar-refractivity contribution in [1.82, 2.24) is 0 Å². The third-order valence-corrected chi connectivity index (χ3v) is 5.24. The van der Waals surface area contributed by atoms with Crippen LogP contribution in [-0.2, 0) is 9.84 Å². The molecule has 0 radical (unpaired) electrons. The van der Waals surface area contributed by atoms with Crippen LogP contribution in [-0.4, -0.2) is 19.8 Å². The van der Waals surface area contributed by atoms with Gasteiger partial charge in [0.15, 0.2) is 9.84 Å². The second kappa shape index (κ2) is 5.07. The summed E-state index contributed by atoms with van der Waals surface area (Å²) in [6.07, 6.45) is 0.388. The number of thiophene rings is 1. The molecule has 0 bridgehead atoms. The fourth-order valence-corrected chi connectivity index (χ4v) is 3.72. The zero-order valence-electron chi connectivity index (χ0n) is 11.0. The van der Waals surface area contributed by atoms with Gasteiger partial charge in [-0.1, -0.05) is 12.1 Å². The van der Waals surface area contributed by atoms with E-state index in [1.807, 2.05) is 19.9 Å². The molecule has 0 spiro atoms. The van der Waals surface area contributed by atoms with Gasteiger partial charge in [-0.2, -0.15) is 0 Å². The average molecular weight is 296 g/mol. The lowest BCUT2D eigenvalue weighted by Crippen LogP contribution is -2.02. The summed E-state index contributed by atoms with van der Waals surface area (Å²) in [5.74, 6) is 0. The van der Waals surface area contributed by atoms with Gasteiger partial charge in [0, 0.05) is 16.0 Å². The van der Waals surface area contributed by atoms with Crippen LogP contribution in [0.5, 0.6) is 0 Å². The molecule has 1 aromatic carbocycles. The minimum atomic E-state index is -3.25. The van der Waals surface area contributed by atoms with Crippen molar-refractivity contribution in [3.8, 4) is 0 Å². The fraction of sp³-hybridized carbons (Fsp3) is 0.286. The van der Waals surface area contributed by atoms with Gasteiger partial charge >= 0.3 is 0 Å². The van der Waals surface area contributed by atoms with Crippen molar-refractivity contribution >= 4 is 21.2 Å². The summed E-state index contributed by atoms with van der Waals surface area (Å²) < 4.78 is 23.1. The fourth-order valence-electron chi connectivity index (χ4n) is 2.00. The van der Waals surface area contributed by atoms with Gasteiger partial charge in [-0.3, -0.25) is 0 Å². The van der Waals surface area contributed by atoms with Gasteiger partial charge in [-0.15, -0.1) is 11.3 Å². The third-order valence-electron chi connectivity index (χ3n) is 2.93. The molecule has 1 atom stereocenters. The van der Waals surface area contributed by atoms with E-state index < -0.39 is 15.9 Å². The molecule has 1 aromatic heterocycles. The molecular weight excluding hydrogens is 280 g/mol. The highest BCUT2D eigenvalue weighted by molar-refractivity contribution is 7.90. The van der Waals surface area contributed by atoms with Gasteiger partial charge in [0.25, 0.3) is 0 Å². The summed E-state index contributed by atoms with van der Waals surface area (Å²) in [7, 11) is -3.25. The van der Waals surface area contributed by atoms with E-state index in [1.54, 1.807) is 12.1 Å². The zero-order chi connectivity index (χ0) is 14.2. The Morgan fingerprint density at radius 1 is 1.21 bits per heavy atom. The first-order chi connectivity index (χ1) is 8.79. The molecule has 3 nitrogen and oxygen atoms in total. The Balaban J connectivity index is 2.45. The Kier molecular flexibility index (Phi) is 3.80. The molecule has 102 valence electrons. The van der Waals surface area contributed by atoms with E-state index in [4.69, 9.17) is 0 Å². The van der Waals surface area contributed by atoms with Gasteiger partial charge in [0.2, 0.25) is 0 Å². The molecule has 1 heterocycles. The Hall–Kier alpha value is -1.17. The first-order valence-electron chi connectivity index (χ1n) is 5.84. The van der Waals surface area contributed by atoms with Crippen molar-refractivity contribution in [2.24, 2.45) is 0 Å². The molecule has 1 unspecified atom stereocenters. The molecule has 0 fully saturated rings. The number of aliphatic hydroxyl groups is 1. The lowest BCUT2D eigenvalue weighted by Gasteiger charge is -2.11. The van der Waals surface area contributed by atoms with Crippen LogP contribution in [0.2, 0.25) is 0 Å². The molecule has 0 amide bonds. The molecule has 2 rings (SSSR count). The molecule has 5 heteroatoms. The highest BCUT2D eigenvalue weighted by Crippen LogP contribution is 2.32. The topological polar surface area (TPSA) is 54.4 Å². The van der Waals surface area contributed by atoms with E-state index in [9.17, 15) is 13.5 Å². The van der Waals surface area contributed by atoms with Crippen LogP contribution < -0.4 is 0 Å². The Labute approximate surface area is 117 Å². The van der Waals surface area contributed by atoms with E-state index in [1.165, 1.54) is 29.7 Å². The molecule has 1 N–H and O–H groups in total. The van der Waals surface area contributed by atoms with Crippen LogP contribution in [0.4, 0.5) is 0 Å². The third kappa shape index (κ3) is 3.05. The highest BCUT2D eigenvalue weighted by atomic mass is 32.2. The Morgan fingerprint density at radius 2 is 1.89 bits per heavy atom. The number of rotatable bonds is 3. The standard InChI is InChI=1S/C14H16O3S2/c1-9-7-10(2)18-14(9)13(15)11-5-4-6-12(8-11)19(3,16)17/h4-8,13,15H,1-3H3. The minimum absolute atomic E-state index is 0.231. The Morgan fingerprint density at radius 3 is 2.42 bits per heavy atom. The van der Waals surface area contributed by atoms with Gasteiger partial charge in [-0.25, -0.2) is 8.42 Å². The van der Waals surface area contributed by atoms with Crippen LogP contribution in [0.3, 0.4) is 0 Å². The summed E-state index contributed by atoms with van der Waals surface area (Å²) in [5, 5.41) is 10.4. The maximum atomic E-state index is 11.5. The van der Waals surface area contributed by atoms with Crippen LogP contribution in [0, 0.1) is 13.8 Å². The van der Waals surface area contributed by atoms with Crippen LogP contribution >= 0.6 is 11.3 Å². The molecular formula is C14H16O3S2. The van der Waals surface area contributed by atoms with Crippen LogP contribution in [0.25, 0.3) is 0 Å². The summed E-state index contributed by atoms with van der Waals surface area (Å²) in [6, 6.07) is 8.49. The minimum Gasteiger partial charge on any atom is -0.383 e. The zero-order valence-corrected chi connectivity index (χ0v) is 12.7. The van der Waals surface area contributed by atoms with Crippen molar-refractivity contribution in [3.63, 3.8) is 0 Å². The smallest absolute Gasteiger partial charge is 0.175 e. The van der Waals surface area contributed by atoms with Crippen LogP contribution in [0.1, 0.15) is 27.0 Å². The van der Waals surface area contributed by atoms with E-state index in [-0.39, 0.29) is 4.90 Å². The van der Waals surface area contributed by atoms with Crippen molar-refractivity contribution in [2.75, 3.05) is 6.26 Å². The van der Waals surface area contributed by atoms with Crippen molar-refractivity contribution in [2.45, 2.75) is 24.8 Å². The molecule has 0 saturated heterocycles. The second-order valence-corrected chi connectivity index (χ2v) is 7.96. The lowest BCUT2D eigenvalue weighted by atomic mass is 10.1. The monoisotopic (exact) mass is 296 g/mol. The van der Waals surface area contributed by atoms with Gasteiger partial charge in [0.1, 0.15) is 6.10 Å². The van der Waals surface area contributed by atoms with Gasteiger partial charge < -0.3 is 5.11 Å². The molecule has 2 aromatic rings. The molecule has 0 aliphatic carbocycles. The maximum Gasteiger partial charge on any atom is 0.175 e. The molecule has 0 saturated carbocycles. The van der Waals surface area contributed by atoms with Crippen LogP contribution in [0.15, 0.2) is 35.2 Å². The number of sulfone groups is 1. The summed E-state index contributed by atoms with van der Waals surface area (Å²) >= 11 is 1.53. The Bertz CT molecular complexity index is 699. The number of hydrogen-bond acceptors (Lipinski definition) is 4. The van der Waals surface area contributed by atoms with Crippen molar-refractivity contribution in [3.05, 3.63) is 51.2 Å². The number of aliphatic hydroxyl groups excluding tert-OH is 1. The average Bonchev–Trinajstić information content (AvgIpc) is 2.66. The molecule has 0 aliphatic heterocycles. The molecule has 19 heavy (non-hydrogen) atoms. The number of benzene rings is 1. The van der Waals surface area contributed by atoms with Gasteiger partial charge in [-0.05, 0) is 43.2 Å². The summed E-state index contributed by atoms with van der Waals surface area (Å²) in [6.45, 7) is 3.93. The van der Waals surface area contributed by atoms with Gasteiger partial charge in [0.05, 0.1) is 4.90 Å².